The number of aliphatic carboxylic acids is 1. The van der Waals surface area contributed by atoms with Gasteiger partial charge in [-0.2, -0.15) is 13.2 Å². The summed E-state index contributed by atoms with van der Waals surface area (Å²) in [4.78, 5) is 42.4. The smallest absolute Gasteiger partial charge is 0.475 e. The Balaban J connectivity index is 0.000000298. The molecule has 2 aliphatic rings. The van der Waals surface area contributed by atoms with Gasteiger partial charge in [-0.05, 0) is 30.0 Å². The Kier molecular flexibility index (Phi) is 5.87. The average molecular weight is 427 g/mol. The number of carboxylic acids is 1. The molecule has 29 heavy (non-hydrogen) atoms. The minimum Gasteiger partial charge on any atom is -0.475 e. The van der Waals surface area contributed by atoms with Gasteiger partial charge in [0, 0.05) is 19.2 Å². The predicted molar refractivity (Wildman–Crippen MR) is 97.6 cm³/mol. The highest BCUT2D eigenvalue weighted by molar-refractivity contribution is 7.12. The standard InChI is InChI=1S/C16H15N3O2S.C2HF3O2/c20-15-9-13-12(19(15)11-3-1-6-17-10-11)5-7-18(13)16(21)14-4-2-8-22-14;3-2(4,5)1(6)7/h1-4,6,8,10,12-13H,5,7,9H2;(H,6,7)/t12-,13+;/m1./s1. The largest absolute Gasteiger partial charge is 0.490 e. The van der Waals surface area contributed by atoms with Crippen LogP contribution in [-0.2, 0) is 9.59 Å². The van der Waals surface area contributed by atoms with Gasteiger partial charge in [-0.25, -0.2) is 4.79 Å². The van der Waals surface area contributed by atoms with Crippen LogP contribution in [0.15, 0.2) is 42.0 Å². The summed E-state index contributed by atoms with van der Waals surface area (Å²) in [6, 6.07) is 7.50. The minimum atomic E-state index is -5.08. The molecule has 0 aliphatic carbocycles. The summed E-state index contributed by atoms with van der Waals surface area (Å²) in [6.45, 7) is 0.704. The number of likely N-dealkylation sites (tertiary alicyclic amines) is 1. The molecule has 0 aromatic carbocycles. The number of amides is 2. The van der Waals surface area contributed by atoms with E-state index in [1.807, 2.05) is 39.4 Å². The molecule has 2 fully saturated rings. The van der Waals surface area contributed by atoms with Crippen LogP contribution in [0.4, 0.5) is 18.9 Å². The number of aromatic nitrogens is 1. The first kappa shape index (κ1) is 20.8. The number of hydrogen-bond acceptors (Lipinski definition) is 5. The number of carboxylic acid groups (broad SMARTS) is 1. The molecule has 7 nitrogen and oxygen atoms in total. The van der Waals surface area contributed by atoms with Crippen molar-refractivity contribution in [1.82, 2.24) is 9.88 Å². The minimum absolute atomic E-state index is 0.0256. The van der Waals surface area contributed by atoms with Crippen molar-refractivity contribution in [3.8, 4) is 0 Å². The van der Waals surface area contributed by atoms with Gasteiger partial charge in [-0.3, -0.25) is 14.6 Å². The lowest BCUT2D eigenvalue weighted by Crippen LogP contribution is -2.39. The van der Waals surface area contributed by atoms with E-state index in [0.29, 0.717) is 13.0 Å². The lowest BCUT2D eigenvalue weighted by molar-refractivity contribution is -0.192. The summed E-state index contributed by atoms with van der Waals surface area (Å²) in [6.07, 6.45) is -0.452. The first-order chi connectivity index (χ1) is 13.7. The number of anilines is 1. The zero-order valence-corrected chi connectivity index (χ0v) is 15.7. The van der Waals surface area contributed by atoms with Crippen molar-refractivity contribution < 1.29 is 32.7 Å². The average Bonchev–Trinajstić information content (AvgIpc) is 3.38. The summed E-state index contributed by atoms with van der Waals surface area (Å²) in [7, 11) is 0. The Morgan fingerprint density at radius 2 is 1.93 bits per heavy atom. The molecule has 2 aliphatic heterocycles. The van der Waals surface area contributed by atoms with E-state index in [1.54, 1.807) is 12.4 Å². The number of fused-ring (bicyclic) bond motifs is 1. The maximum Gasteiger partial charge on any atom is 0.490 e. The molecule has 0 unspecified atom stereocenters. The van der Waals surface area contributed by atoms with Crippen molar-refractivity contribution in [1.29, 1.82) is 0 Å². The fraction of sp³-hybridized carbons (Fsp3) is 0.333. The van der Waals surface area contributed by atoms with Crippen LogP contribution in [0.2, 0.25) is 0 Å². The molecule has 0 radical (unpaired) electrons. The molecule has 2 aromatic heterocycles. The highest BCUT2D eigenvalue weighted by atomic mass is 32.1. The third-order valence-corrected chi connectivity index (χ3v) is 5.51. The highest BCUT2D eigenvalue weighted by Gasteiger charge is 2.49. The van der Waals surface area contributed by atoms with Crippen molar-refractivity contribution in [2.75, 3.05) is 11.4 Å². The van der Waals surface area contributed by atoms with Crippen LogP contribution in [0.3, 0.4) is 0 Å². The number of alkyl halides is 3. The third kappa shape index (κ3) is 4.39. The van der Waals surface area contributed by atoms with E-state index in [9.17, 15) is 22.8 Å². The van der Waals surface area contributed by atoms with Crippen molar-refractivity contribution in [2.45, 2.75) is 31.1 Å². The van der Waals surface area contributed by atoms with E-state index >= 15 is 0 Å². The molecule has 11 heteroatoms. The van der Waals surface area contributed by atoms with Gasteiger partial charge in [0.05, 0.1) is 28.8 Å². The van der Waals surface area contributed by atoms with E-state index in [1.165, 1.54) is 11.3 Å². The number of rotatable bonds is 2. The van der Waals surface area contributed by atoms with Crippen LogP contribution in [0.5, 0.6) is 0 Å². The number of halogens is 3. The molecular formula is C18H16F3N3O4S. The second kappa shape index (κ2) is 8.19. The van der Waals surface area contributed by atoms with Gasteiger partial charge in [0.25, 0.3) is 5.91 Å². The second-order valence-corrected chi connectivity index (χ2v) is 7.33. The maximum absolute atomic E-state index is 12.6. The molecule has 154 valence electrons. The summed E-state index contributed by atoms with van der Waals surface area (Å²) in [5.41, 5.74) is 0.824. The number of thiophene rings is 1. The Bertz CT molecular complexity index is 890. The van der Waals surface area contributed by atoms with Crippen molar-refractivity contribution in [2.24, 2.45) is 0 Å². The summed E-state index contributed by atoms with van der Waals surface area (Å²) < 4.78 is 31.7. The zero-order valence-electron chi connectivity index (χ0n) is 14.9. The monoisotopic (exact) mass is 427 g/mol. The molecule has 0 saturated carbocycles. The van der Waals surface area contributed by atoms with Gasteiger partial charge in [0.1, 0.15) is 0 Å². The topological polar surface area (TPSA) is 90.8 Å². The van der Waals surface area contributed by atoms with Crippen LogP contribution < -0.4 is 4.90 Å². The number of carbonyl (C=O) groups excluding carboxylic acids is 2. The van der Waals surface area contributed by atoms with Gasteiger partial charge in [0.15, 0.2) is 0 Å². The number of nitrogens with zero attached hydrogens (tertiary/aromatic N) is 3. The number of hydrogen-bond donors (Lipinski definition) is 1. The second-order valence-electron chi connectivity index (χ2n) is 6.38. The van der Waals surface area contributed by atoms with Crippen LogP contribution in [0, 0.1) is 0 Å². The first-order valence-corrected chi connectivity index (χ1v) is 9.44. The van der Waals surface area contributed by atoms with Crippen LogP contribution >= 0.6 is 11.3 Å². The normalized spacial score (nSPS) is 20.9. The molecule has 4 rings (SSSR count). The van der Waals surface area contributed by atoms with Gasteiger partial charge >= 0.3 is 12.1 Å². The SMILES string of the molecule is O=C(O)C(F)(F)F.O=C(c1cccs1)N1CC[C@@H]2[C@@H]1CC(=O)N2c1cccnc1. The van der Waals surface area contributed by atoms with Crippen molar-refractivity contribution in [3.63, 3.8) is 0 Å². The van der Waals surface area contributed by atoms with Crippen LogP contribution in [0.1, 0.15) is 22.5 Å². The quantitative estimate of drug-likeness (QED) is 0.796. The van der Waals surface area contributed by atoms with Gasteiger partial charge in [0.2, 0.25) is 5.91 Å². The molecule has 2 amide bonds. The third-order valence-electron chi connectivity index (χ3n) is 4.65. The van der Waals surface area contributed by atoms with Gasteiger partial charge in [-0.15, -0.1) is 11.3 Å². The van der Waals surface area contributed by atoms with Gasteiger partial charge < -0.3 is 14.9 Å². The number of pyridine rings is 1. The molecule has 2 saturated heterocycles. The summed E-state index contributed by atoms with van der Waals surface area (Å²) in [5.74, 6) is -2.64. The molecule has 0 bridgehead atoms. The Labute approximate surface area is 167 Å². The summed E-state index contributed by atoms with van der Waals surface area (Å²) >= 11 is 1.45. The maximum atomic E-state index is 12.6. The van der Waals surface area contributed by atoms with E-state index in [-0.39, 0.29) is 23.9 Å². The van der Waals surface area contributed by atoms with Crippen LogP contribution in [-0.4, -0.2) is 57.6 Å². The molecule has 2 atom stereocenters. The lowest BCUT2D eigenvalue weighted by atomic mass is 10.1. The van der Waals surface area contributed by atoms with Crippen LogP contribution in [0.25, 0.3) is 0 Å². The fourth-order valence-electron chi connectivity index (χ4n) is 3.47. The van der Waals surface area contributed by atoms with E-state index in [2.05, 4.69) is 4.98 Å². The molecular weight excluding hydrogens is 411 g/mol. The van der Waals surface area contributed by atoms with E-state index < -0.39 is 12.1 Å². The van der Waals surface area contributed by atoms with Crippen molar-refractivity contribution >= 4 is 34.8 Å². The molecule has 0 spiro atoms. The van der Waals surface area contributed by atoms with Crippen molar-refractivity contribution in [3.05, 3.63) is 46.9 Å². The lowest BCUT2D eigenvalue weighted by Gasteiger charge is -2.25. The zero-order chi connectivity index (χ0) is 21.2. The van der Waals surface area contributed by atoms with E-state index in [0.717, 1.165) is 17.0 Å². The van der Waals surface area contributed by atoms with E-state index in [4.69, 9.17) is 9.90 Å². The summed E-state index contributed by atoms with van der Waals surface area (Å²) in [5, 5.41) is 9.03. The Morgan fingerprint density at radius 3 is 2.48 bits per heavy atom. The molecule has 1 N–H and O–H groups in total. The first-order valence-electron chi connectivity index (χ1n) is 8.57. The highest BCUT2D eigenvalue weighted by Crippen LogP contribution is 2.36. The predicted octanol–water partition coefficient (Wildman–Crippen LogP) is 2.80. The fourth-order valence-corrected chi connectivity index (χ4v) is 4.15. The molecule has 4 heterocycles. The van der Waals surface area contributed by atoms with Gasteiger partial charge in [-0.1, -0.05) is 6.07 Å². The number of carbonyl (C=O) groups is 3. The Hall–Kier alpha value is -2.95. The Morgan fingerprint density at radius 1 is 1.21 bits per heavy atom. The molecule has 2 aromatic rings.